The Labute approximate surface area is 214 Å². The van der Waals surface area contributed by atoms with Gasteiger partial charge in [0.1, 0.15) is 17.3 Å². The molecule has 1 fully saturated rings. The first-order chi connectivity index (χ1) is 15.7. The number of carbonyl (C=O) groups excluding carboxylic acids is 1. The number of carbonyl (C=O) groups is 1. The maximum Gasteiger partial charge on any atom is 0.182 e. The van der Waals surface area contributed by atoms with E-state index in [0.29, 0.717) is 23.9 Å². The van der Waals surface area contributed by atoms with E-state index in [2.05, 4.69) is 51.7 Å². The van der Waals surface area contributed by atoms with E-state index in [0.717, 1.165) is 47.0 Å². The summed E-state index contributed by atoms with van der Waals surface area (Å²) in [5, 5.41) is 8.66. The van der Waals surface area contributed by atoms with Crippen LogP contribution in [0.1, 0.15) is 86.3 Å². The predicted octanol–water partition coefficient (Wildman–Crippen LogP) is 5.71. The van der Waals surface area contributed by atoms with E-state index in [4.69, 9.17) is 15.1 Å². The lowest BCUT2D eigenvalue weighted by Crippen LogP contribution is -2.31. The summed E-state index contributed by atoms with van der Waals surface area (Å²) in [4.78, 5) is 22.3. The third kappa shape index (κ3) is 4.99. The van der Waals surface area contributed by atoms with E-state index < -0.39 is 0 Å². The molecule has 2 aliphatic rings. The van der Waals surface area contributed by atoms with Gasteiger partial charge in [-0.1, -0.05) is 26.8 Å². The molecule has 184 valence electrons. The molecular formula is C27H37BrN4O2. The number of rotatable bonds is 8. The van der Waals surface area contributed by atoms with E-state index in [1.165, 1.54) is 12.8 Å². The van der Waals surface area contributed by atoms with Crippen molar-refractivity contribution in [2.45, 2.75) is 65.3 Å². The highest BCUT2D eigenvalue weighted by atomic mass is 79.9. The Morgan fingerprint density at radius 1 is 1.21 bits per heavy atom. The molecule has 0 spiro atoms. The largest absolute Gasteiger partial charge is 0.494 e. The van der Waals surface area contributed by atoms with Crippen LogP contribution < -0.4 is 9.64 Å². The van der Waals surface area contributed by atoms with E-state index in [9.17, 15) is 4.79 Å². The number of benzene rings is 1. The fourth-order valence-corrected chi connectivity index (χ4v) is 4.62. The summed E-state index contributed by atoms with van der Waals surface area (Å²) in [6, 6.07) is 8.10. The molecule has 1 saturated carbocycles. The highest BCUT2D eigenvalue weighted by Crippen LogP contribution is 2.41. The van der Waals surface area contributed by atoms with Crippen molar-refractivity contribution in [3.05, 3.63) is 52.3 Å². The van der Waals surface area contributed by atoms with Crippen LogP contribution >= 0.6 is 17.0 Å². The van der Waals surface area contributed by atoms with Gasteiger partial charge in [-0.2, -0.15) is 0 Å². The van der Waals surface area contributed by atoms with Crippen molar-refractivity contribution in [1.82, 2.24) is 9.88 Å². The van der Waals surface area contributed by atoms with Crippen LogP contribution in [0, 0.1) is 5.41 Å². The number of hydrogen-bond donors (Lipinski definition) is 1. The topological polar surface area (TPSA) is 69.5 Å². The number of aromatic nitrogens is 1. The molecule has 6 nitrogen and oxygen atoms in total. The summed E-state index contributed by atoms with van der Waals surface area (Å²) in [5.74, 6) is 1.75. The predicted molar refractivity (Wildman–Crippen MR) is 143 cm³/mol. The van der Waals surface area contributed by atoms with Gasteiger partial charge in [-0.3, -0.25) is 10.2 Å². The molecule has 34 heavy (non-hydrogen) atoms. The number of halogens is 1. The van der Waals surface area contributed by atoms with Gasteiger partial charge in [-0.25, -0.2) is 4.98 Å². The van der Waals surface area contributed by atoms with E-state index >= 15 is 0 Å². The van der Waals surface area contributed by atoms with Gasteiger partial charge in [0.15, 0.2) is 5.78 Å². The minimum Gasteiger partial charge on any atom is -0.494 e. The number of Topliss-reactive ketones (excluding diaryl/α,β-unsaturated/α-hetero) is 1. The lowest BCUT2D eigenvalue weighted by molar-refractivity contribution is 0.0962. The Bertz CT molecular complexity index is 1080. The third-order valence-corrected chi connectivity index (χ3v) is 6.74. The molecule has 0 atom stereocenters. The molecule has 0 radical (unpaired) electrons. The normalized spacial score (nSPS) is 15.1. The number of anilines is 1. The Kier molecular flexibility index (Phi) is 7.75. The average Bonchev–Trinajstić information content (AvgIpc) is 3.59. The molecule has 0 unspecified atom stereocenters. The zero-order chi connectivity index (χ0) is 23.9. The molecule has 4 rings (SSSR count). The molecule has 0 amide bonds. The maximum atomic E-state index is 13.5. The molecule has 1 aliphatic carbocycles. The van der Waals surface area contributed by atoms with Crippen molar-refractivity contribution in [1.29, 1.82) is 5.41 Å². The Morgan fingerprint density at radius 3 is 2.44 bits per heavy atom. The zero-order valence-corrected chi connectivity index (χ0v) is 22.9. The van der Waals surface area contributed by atoms with Crippen molar-refractivity contribution >= 4 is 34.3 Å². The number of hydrogen-bond acceptors (Lipinski definition) is 5. The highest BCUT2D eigenvalue weighted by Gasteiger charge is 2.32. The lowest BCUT2D eigenvalue weighted by Gasteiger charge is -2.30. The summed E-state index contributed by atoms with van der Waals surface area (Å²) in [5.41, 5.74) is 5.32. The second-order valence-electron chi connectivity index (χ2n) is 10.1. The number of ether oxygens (including phenoxy) is 1. The molecule has 2 heterocycles. The smallest absolute Gasteiger partial charge is 0.182 e. The molecule has 1 N–H and O–H groups in total. The molecular weight excluding hydrogens is 492 g/mol. The van der Waals surface area contributed by atoms with Crippen LogP contribution in [0.3, 0.4) is 0 Å². The van der Waals surface area contributed by atoms with Gasteiger partial charge in [-0.15, -0.1) is 17.0 Å². The van der Waals surface area contributed by atoms with Gasteiger partial charge in [0.25, 0.3) is 0 Å². The van der Waals surface area contributed by atoms with E-state index in [1.54, 1.807) is 7.11 Å². The first kappa shape index (κ1) is 26.2. The van der Waals surface area contributed by atoms with Crippen molar-refractivity contribution in [3.63, 3.8) is 0 Å². The Morgan fingerprint density at radius 2 is 1.88 bits per heavy atom. The maximum absolute atomic E-state index is 13.5. The fourth-order valence-electron chi connectivity index (χ4n) is 4.62. The van der Waals surface area contributed by atoms with Crippen LogP contribution in [0.2, 0.25) is 0 Å². The highest BCUT2D eigenvalue weighted by molar-refractivity contribution is 8.93. The minimum atomic E-state index is -0.177. The van der Waals surface area contributed by atoms with E-state index in [-0.39, 0.29) is 34.7 Å². The number of fused-ring (bicyclic) bond motifs is 1. The summed E-state index contributed by atoms with van der Waals surface area (Å²) >= 11 is 0. The molecule has 1 aliphatic heterocycles. The van der Waals surface area contributed by atoms with Crippen LogP contribution in [0.4, 0.5) is 5.69 Å². The van der Waals surface area contributed by atoms with Gasteiger partial charge < -0.3 is 14.5 Å². The monoisotopic (exact) mass is 528 g/mol. The second-order valence-corrected chi connectivity index (χ2v) is 10.1. The molecule has 2 aromatic rings. The number of methoxy groups -OCH3 is 1. The van der Waals surface area contributed by atoms with Crippen molar-refractivity contribution < 1.29 is 9.53 Å². The number of amidine groups is 1. The van der Waals surface area contributed by atoms with Crippen molar-refractivity contribution in [3.8, 4) is 5.75 Å². The minimum absolute atomic E-state index is 0. The number of nitrogens with one attached hydrogen (secondary N) is 1. The number of pyridine rings is 1. The standard InChI is InChI=1S/C27H36N4O2.BrH/c1-7-30(8-2)22-14-19(13-20(25(22)33-6)27(3,4)5)23(32)16-31-15-18-11-12-21(17-9-10-17)29-24(18)26(31)28;/h11-14,17,28H,7-10,15-16H2,1-6H3;1H. The fraction of sp³-hybridized carbons (Fsp3) is 0.519. The Balaban J connectivity index is 0.00000324. The molecule has 1 aromatic carbocycles. The van der Waals surface area contributed by atoms with Gasteiger partial charge in [-0.05, 0) is 50.3 Å². The third-order valence-electron chi connectivity index (χ3n) is 6.74. The summed E-state index contributed by atoms with van der Waals surface area (Å²) < 4.78 is 5.84. The van der Waals surface area contributed by atoms with Crippen LogP contribution in [0.15, 0.2) is 24.3 Å². The zero-order valence-electron chi connectivity index (χ0n) is 21.2. The van der Waals surface area contributed by atoms with Crippen LogP contribution in [-0.4, -0.2) is 48.2 Å². The van der Waals surface area contributed by atoms with Crippen LogP contribution in [0.25, 0.3) is 0 Å². The Hall–Kier alpha value is -2.41. The quantitative estimate of drug-likeness (QED) is 0.444. The lowest BCUT2D eigenvalue weighted by atomic mass is 9.84. The number of ketones is 1. The number of nitrogens with zero attached hydrogens (tertiary/aromatic N) is 3. The van der Waals surface area contributed by atoms with Crippen LogP contribution in [-0.2, 0) is 12.0 Å². The van der Waals surface area contributed by atoms with Gasteiger partial charge >= 0.3 is 0 Å². The van der Waals surface area contributed by atoms with Gasteiger partial charge in [0, 0.05) is 47.9 Å². The first-order valence-electron chi connectivity index (χ1n) is 12.0. The second kappa shape index (κ2) is 10.1. The summed E-state index contributed by atoms with van der Waals surface area (Å²) in [6.07, 6.45) is 2.37. The van der Waals surface area contributed by atoms with Crippen LogP contribution in [0.5, 0.6) is 5.75 Å². The van der Waals surface area contributed by atoms with Crippen molar-refractivity contribution in [2.24, 2.45) is 0 Å². The average molecular weight is 530 g/mol. The molecule has 7 heteroatoms. The summed E-state index contributed by atoms with van der Waals surface area (Å²) in [7, 11) is 1.70. The van der Waals surface area contributed by atoms with Crippen molar-refractivity contribution in [2.75, 3.05) is 31.6 Å². The SMILES string of the molecule is Br.CCN(CC)c1cc(C(=O)CN2Cc3ccc(C4CC4)nc3C2=N)cc(C(C)(C)C)c1OC. The molecule has 1 aromatic heterocycles. The van der Waals surface area contributed by atoms with Gasteiger partial charge in [0.05, 0.1) is 19.3 Å². The molecule has 0 saturated heterocycles. The molecule has 0 bridgehead atoms. The van der Waals surface area contributed by atoms with E-state index in [1.807, 2.05) is 17.0 Å². The summed E-state index contributed by atoms with van der Waals surface area (Å²) in [6.45, 7) is 13.0. The first-order valence-corrected chi connectivity index (χ1v) is 12.0. The van der Waals surface area contributed by atoms with Gasteiger partial charge in [0.2, 0.25) is 0 Å².